The van der Waals surface area contributed by atoms with Crippen molar-refractivity contribution in [3.8, 4) is 0 Å². The zero-order chi connectivity index (χ0) is 20.7. The number of hydrogen-bond acceptors (Lipinski definition) is 7. The topological polar surface area (TPSA) is 114 Å². The van der Waals surface area contributed by atoms with E-state index in [1.54, 1.807) is 13.8 Å². The molecular weight excluding hydrogens is 393 g/mol. The van der Waals surface area contributed by atoms with Crippen LogP contribution < -0.4 is 10.6 Å². The number of rotatable bonds is 6. The highest BCUT2D eigenvalue weighted by molar-refractivity contribution is 8.55. The van der Waals surface area contributed by atoms with Crippen LogP contribution in [0.15, 0.2) is 0 Å². The third-order valence-electron chi connectivity index (χ3n) is 3.93. The molecule has 1 unspecified atom stereocenters. The highest BCUT2D eigenvalue weighted by Gasteiger charge is 2.42. The zero-order valence-electron chi connectivity index (χ0n) is 16.8. The Hall–Kier alpha value is -0.640. The molecule has 0 aliphatic carbocycles. The average Bonchev–Trinajstić information content (AvgIpc) is 2.54. The molecule has 1 aliphatic heterocycles. The fraction of sp³-hybridized carbons (Fsp3) is 0.875. The average molecular weight is 426 g/mol. The van der Waals surface area contributed by atoms with Gasteiger partial charge >= 0.3 is 6.80 Å². The minimum Gasteiger partial charge on any atom is -0.396 e. The molecule has 0 bridgehead atoms. The molecule has 2 amide bonds. The lowest BCUT2D eigenvalue weighted by molar-refractivity contribution is -0.870. The Morgan fingerprint density at radius 3 is 2.56 bits per heavy atom. The molecule has 1 saturated heterocycles. The molecule has 1 rings (SSSR count). The number of carbonyl (C=O) groups excluding carboxylic acids is 2. The summed E-state index contributed by atoms with van der Waals surface area (Å²) in [6.45, 7) is 0.509. The molecule has 1 aliphatic rings. The van der Waals surface area contributed by atoms with Gasteiger partial charge in [0.15, 0.2) is 6.10 Å². The van der Waals surface area contributed by atoms with Gasteiger partial charge in [-0.3, -0.25) is 18.6 Å². The number of aliphatic hydroxyl groups excluding tert-OH is 1. The molecule has 1 heterocycles. The maximum Gasteiger partial charge on any atom is 0.390 e. The molecule has 0 aromatic carbocycles. The fourth-order valence-electron chi connectivity index (χ4n) is 2.11. The predicted molar refractivity (Wildman–Crippen MR) is 105 cm³/mol. The summed E-state index contributed by atoms with van der Waals surface area (Å²) >= 11 is 0.951. The second-order valence-corrected chi connectivity index (χ2v) is 12.3. The number of nitrogens with one attached hydrogen (secondary N) is 2. The van der Waals surface area contributed by atoms with Crippen LogP contribution in [0.4, 0.5) is 0 Å². The quantitative estimate of drug-likeness (QED) is 0.421. The van der Waals surface area contributed by atoms with Gasteiger partial charge in [-0.15, -0.1) is 0 Å². The fourth-order valence-corrected chi connectivity index (χ4v) is 5.50. The van der Waals surface area contributed by atoms with Gasteiger partial charge in [-0.25, -0.2) is 4.57 Å². The van der Waals surface area contributed by atoms with Gasteiger partial charge in [0.2, 0.25) is 11.8 Å². The molecule has 0 spiro atoms. The van der Waals surface area contributed by atoms with Crippen molar-refractivity contribution in [2.75, 3.05) is 59.7 Å². The molecular formula is C16H33N3O6PS+. The lowest BCUT2D eigenvalue weighted by Crippen LogP contribution is -2.47. The molecule has 27 heavy (non-hydrogen) atoms. The lowest BCUT2D eigenvalue weighted by Gasteiger charge is -2.34. The van der Waals surface area contributed by atoms with E-state index in [4.69, 9.17) is 9.05 Å². The van der Waals surface area contributed by atoms with E-state index in [1.807, 2.05) is 21.1 Å². The van der Waals surface area contributed by atoms with E-state index in [9.17, 15) is 19.3 Å². The third-order valence-corrected chi connectivity index (χ3v) is 7.67. The first-order chi connectivity index (χ1) is 12.4. The van der Waals surface area contributed by atoms with Crippen LogP contribution in [0.3, 0.4) is 0 Å². The van der Waals surface area contributed by atoms with Crippen molar-refractivity contribution in [2.24, 2.45) is 5.41 Å². The van der Waals surface area contributed by atoms with E-state index in [0.717, 1.165) is 11.4 Å². The SMILES string of the molecule is CC(C)(CO)[C@H]1OP(=O)(OCC[N+](C)(C)C)SCCNC(=O)CCNC1=O. The maximum absolute atomic E-state index is 13.3. The standard InChI is InChI=1S/C16H32N3O6PS/c1-16(2,12-20)14-15(22)18-7-6-13(21)17-8-11-27-26(23,25-14)24-10-9-19(3,4)5/h14,20H,6-12H2,1-5H3,(H-,17,18,21,22)/p+1/t14-,26?/m0/s1. The van der Waals surface area contributed by atoms with Crippen LogP contribution in [-0.4, -0.2) is 87.3 Å². The first kappa shape index (κ1) is 24.4. The Bertz CT molecular complexity index is 567. The normalized spacial score (nSPS) is 26.5. The van der Waals surface area contributed by atoms with Gasteiger partial charge in [-0.1, -0.05) is 13.8 Å². The van der Waals surface area contributed by atoms with Crippen LogP contribution in [0.25, 0.3) is 0 Å². The number of aliphatic hydroxyl groups is 1. The summed E-state index contributed by atoms with van der Waals surface area (Å²) in [5.74, 6) is -0.407. The summed E-state index contributed by atoms with van der Waals surface area (Å²) in [4.78, 5) is 24.3. The van der Waals surface area contributed by atoms with Crippen LogP contribution in [0.2, 0.25) is 0 Å². The molecule has 3 N–H and O–H groups in total. The van der Waals surface area contributed by atoms with E-state index in [1.165, 1.54) is 0 Å². The van der Waals surface area contributed by atoms with Crippen LogP contribution in [-0.2, 0) is 23.2 Å². The smallest absolute Gasteiger partial charge is 0.390 e. The van der Waals surface area contributed by atoms with Crippen molar-refractivity contribution in [1.29, 1.82) is 0 Å². The second-order valence-electron chi connectivity index (χ2n) is 8.15. The zero-order valence-corrected chi connectivity index (χ0v) is 18.5. The Labute approximate surface area is 165 Å². The number of carbonyl (C=O) groups is 2. The van der Waals surface area contributed by atoms with Crippen molar-refractivity contribution < 1.29 is 32.8 Å². The predicted octanol–water partition coefficient (Wildman–Crippen LogP) is 0.590. The van der Waals surface area contributed by atoms with Crippen LogP contribution in [0, 0.1) is 5.41 Å². The minimum atomic E-state index is -3.69. The summed E-state index contributed by atoms with van der Waals surface area (Å²) in [6, 6.07) is 0. The van der Waals surface area contributed by atoms with E-state index in [-0.39, 0.29) is 32.1 Å². The van der Waals surface area contributed by atoms with Gasteiger partial charge < -0.3 is 20.2 Å². The number of amides is 2. The van der Waals surface area contributed by atoms with Crippen LogP contribution >= 0.6 is 18.2 Å². The number of quaternary nitrogens is 1. The van der Waals surface area contributed by atoms with Gasteiger partial charge in [-0.05, 0) is 11.4 Å². The molecule has 2 atom stereocenters. The van der Waals surface area contributed by atoms with Gasteiger partial charge in [0.05, 0.1) is 27.7 Å². The maximum atomic E-state index is 13.3. The highest BCUT2D eigenvalue weighted by Crippen LogP contribution is 2.62. The first-order valence-electron chi connectivity index (χ1n) is 8.92. The molecule has 158 valence electrons. The van der Waals surface area contributed by atoms with Crippen molar-refractivity contribution in [2.45, 2.75) is 26.4 Å². The minimum absolute atomic E-state index is 0.131. The summed E-state index contributed by atoms with van der Waals surface area (Å²) in [6.07, 6.45) is -1.03. The summed E-state index contributed by atoms with van der Waals surface area (Å²) in [5.41, 5.74) is -0.976. The van der Waals surface area contributed by atoms with E-state index in [0.29, 0.717) is 23.3 Å². The number of hydrogen-bond donors (Lipinski definition) is 3. The van der Waals surface area contributed by atoms with Gasteiger partial charge in [0.25, 0.3) is 0 Å². The van der Waals surface area contributed by atoms with Gasteiger partial charge in [-0.2, -0.15) is 0 Å². The molecule has 0 saturated carbocycles. The molecule has 11 heteroatoms. The van der Waals surface area contributed by atoms with Gasteiger partial charge in [0, 0.05) is 30.7 Å². The lowest BCUT2D eigenvalue weighted by atomic mass is 9.87. The second kappa shape index (κ2) is 10.2. The Morgan fingerprint density at radius 1 is 1.30 bits per heavy atom. The molecule has 9 nitrogen and oxygen atoms in total. The molecule has 0 aromatic rings. The van der Waals surface area contributed by atoms with E-state index >= 15 is 0 Å². The van der Waals surface area contributed by atoms with Crippen molar-refractivity contribution in [3.63, 3.8) is 0 Å². The Morgan fingerprint density at radius 2 is 1.96 bits per heavy atom. The van der Waals surface area contributed by atoms with Gasteiger partial charge in [0.1, 0.15) is 13.2 Å². The molecule has 0 radical (unpaired) electrons. The Kier molecular flexibility index (Phi) is 9.24. The number of likely N-dealkylation sites (N-methyl/N-ethyl adjacent to an activating group) is 1. The summed E-state index contributed by atoms with van der Waals surface area (Å²) in [7, 11) is 5.94. The van der Waals surface area contributed by atoms with Crippen LogP contribution in [0.1, 0.15) is 20.3 Å². The highest BCUT2D eigenvalue weighted by atomic mass is 32.7. The van der Waals surface area contributed by atoms with Crippen molar-refractivity contribution >= 4 is 30.0 Å². The first-order valence-corrected chi connectivity index (χ1v) is 12.1. The monoisotopic (exact) mass is 426 g/mol. The van der Waals surface area contributed by atoms with E-state index < -0.39 is 24.2 Å². The van der Waals surface area contributed by atoms with Crippen LogP contribution in [0.5, 0.6) is 0 Å². The van der Waals surface area contributed by atoms with E-state index in [2.05, 4.69) is 10.6 Å². The summed E-state index contributed by atoms with van der Waals surface area (Å²) in [5, 5.41) is 15.0. The molecule has 0 aromatic heterocycles. The largest absolute Gasteiger partial charge is 0.396 e. The summed E-state index contributed by atoms with van der Waals surface area (Å²) < 4.78 is 25.2. The Balaban J connectivity index is 3.02. The third kappa shape index (κ3) is 8.93. The van der Waals surface area contributed by atoms with Crippen molar-refractivity contribution in [3.05, 3.63) is 0 Å². The number of nitrogens with zero attached hydrogens (tertiary/aromatic N) is 1. The molecule has 1 fully saturated rings. The van der Waals surface area contributed by atoms with Crippen molar-refractivity contribution in [1.82, 2.24) is 10.6 Å².